The van der Waals surface area contributed by atoms with E-state index in [0.29, 0.717) is 0 Å². The molecule has 26 heavy (non-hydrogen) atoms. The van der Waals surface area contributed by atoms with E-state index in [1.807, 2.05) is 12.4 Å². The van der Waals surface area contributed by atoms with Crippen LogP contribution in [0.4, 0.5) is 5.69 Å². The number of nitrogens with zero attached hydrogens (tertiary/aromatic N) is 2. The van der Waals surface area contributed by atoms with E-state index in [1.54, 1.807) is 4.90 Å². The second-order valence-electron chi connectivity index (χ2n) is 7.00. The van der Waals surface area contributed by atoms with Gasteiger partial charge in [-0.1, -0.05) is 25.5 Å². The van der Waals surface area contributed by atoms with Crippen molar-refractivity contribution in [2.24, 2.45) is 0 Å². The number of aryl methyl sites for hydroxylation is 1. The third-order valence-electron chi connectivity index (χ3n) is 4.99. The van der Waals surface area contributed by atoms with Crippen LogP contribution in [0, 0.1) is 0 Å². The molecule has 0 amide bonds. The number of unbranched alkanes of at least 4 members (excludes halogenated alkanes) is 1. The van der Waals surface area contributed by atoms with Crippen LogP contribution < -0.4 is 10.2 Å². The molecule has 1 saturated heterocycles. The third-order valence-corrected chi connectivity index (χ3v) is 5.35. The minimum atomic E-state index is 0.842. The molecule has 0 radical (unpaired) electrons. The summed E-state index contributed by atoms with van der Waals surface area (Å²) in [6, 6.07) is 12.9. The third kappa shape index (κ3) is 5.51. The van der Waals surface area contributed by atoms with Crippen LogP contribution in [0.5, 0.6) is 0 Å². The molecule has 4 nitrogen and oxygen atoms in total. The maximum absolute atomic E-state index is 5.62. The zero-order valence-electron chi connectivity index (χ0n) is 15.6. The Morgan fingerprint density at radius 3 is 2.42 bits per heavy atom. The number of anilines is 1. The lowest BCUT2D eigenvalue weighted by molar-refractivity contribution is -0.917. The topological polar surface area (TPSA) is 32.6 Å². The monoisotopic (exact) mass is 369 g/mol. The standard InChI is InChI=1S/C21H28N4S/c1-2-3-4-18-5-7-20(8-6-18)23-21(26)25-15-13-24(14-16-25)17-19-9-11-22-12-10-19/h5-12H,2-4,13-17H2,1H3,(H,23,26)/p+1. The number of hydrogen-bond donors (Lipinski definition) is 2. The van der Waals surface area contributed by atoms with Crippen LogP contribution in [0.2, 0.25) is 0 Å². The number of aromatic nitrogens is 1. The quantitative estimate of drug-likeness (QED) is 0.767. The molecule has 5 heteroatoms. The van der Waals surface area contributed by atoms with Crippen LogP contribution in [-0.2, 0) is 13.0 Å². The fourth-order valence-electron chi connectivity index (χ4n) is 3.33. The van der Waals surface area contributed by atoms with E-state index in [1.165, 1.54) is 24.0 Å². The van der Waals surface area contributed by atoms with Gasteiger partial charge in [0, 0.05) is 23.6 Å². The second kappa shape index (κ2) is 9.64. The molecule has 1 aliphatic rings. The highest BCUT2D eigenvalue weighted by molar-refractivity contribution is 7.80. The Bertz CT molecular complexity index is 679. The van der Waals surface area contributed by atoms with Gasteiger partial charge in [-0.15, -0.1) is 0 Å². The van der Waals surface area contributed by atoms with Gasteiger partial charge in [-0.2, -0.15) is 0 Å². The smallest absolute Gasteiger partial charge is 0.173 e. The summed E-state index contributed by atoms with van der Waals surface area (Å²) >= 11 is 5.62. The molecular weight excluding hydrogens is 340 g/mol. The van der Waals surface area contributed by atoms with Crippen molar-refractivity contribution in [2.75, 3.05) is 31.5 Å². The number of nitrogens with one attached hydrogen (secondary N) is 2. The number of quaternary nitrogens is 1. The largest absolute Gasteiger partial charge is 0.338 e. The van der Waals surface area contributed by atoms with Crippen molar-refractivity contribution in [3.63, 3.8) is 0 Å². The number of piperazine rings is 1. The highest BCUT2D eigenvalue weighted by atomic mass is 32.1. The molecular formula is C21H29N4S+. The van der Waals surface area contributed by atoms with Crippen molar-refractivity contribution in [2.45, 2.75) is 32.7 Å². The number of pyridine rings is 1. The molecule has 1 aliphatic heterocycles. The van der Waals surface area contributed by atoms with Crippen LogP contribution in [0.3, 0.4) is 0 Å². The van der Waals surface area contributed by atoms with Crippen LogP contribution >= 0.6 is 12.2 Å². The second-order valence-corrected chi connectivity index (χ2v) is 7.39. The fraction of sp³-hybridized carbons (Fsp3) is 0.429. The summed E-state index contributed by atoms with van der Waals surface area (Å²) in [5, 5.41) is 4.24. The molecule has 2 aromatic rings. The normalized spacial score (nSPS) is 15.0. The van der Waals surface area contributed by atoms with E-state index < -0.39 is 0 Å². The first-order valence-electron chi connectivity index (χ1n) is 9.62. The van der Waals surface area contributed by atoms with Gasteiger partial charge in [0.25, 0.3) is 0 Å². The summed E-state index contributed by atoms with van der Waals surface area (Å²) in [5.41, 5.74) is 3.84. The lowest BCUT2D eigenvalue weighted by atomic mass is 10.1. The molecule has 0 bridgehead atoms. The maximum Gasteiger partial charge on any atom is 0.173 e. The Morgan fingerprint density at radius 1 is 1.08 bits per heavy atom. The predicted octanol–water partition coefficient (Wildman–Crippen LogP) is 2.52. The zero-order chi connectivity index (χ0) is 18.2. The number of hydrogen-bond acceptors (Lipinski definition) is 2. The average Bonchev–Trinajstić information content (AvgIpc) is 2.69. The molecule has 2 heterocycles. The Hall–Kier alpha value is -1.98. The van der Waals surface area contributed by atoms with Gasteiger partial charge in [0.2, 0.25) is 0 Å². The van der Waals surface area contributed by atoms with Gasteiger partial charge < -0.3 is 15.1 Å². The van der Waals surface area contributed by atoms with Gasteiger partial charge in [0.05, 0.1) is 26.2 Å². The van der Waals surface area contributed by atoms with Gasteiger partial charge >= 0.3 is 0 Å². The summed E-state index contributed by atoms with van der Waals surface area (Å²) < 4.78 is 0. The molecule has 0 aliphatic carbocycles. The van der Waals surface area contributed by atoms with Crippen molar-refractivity contribution in [1.29, 1.82) is 0 Å². The Balaban J connectivity index is 1.44. The van der Waals surface area contributed by atoms with Crippen molar-refractivity contribution in [3.8, 4) is 0 Å². The first-order chi connectivity index (χ1) is 12.7. The first kappa shape index (κ1) is 18.8. The lowest BCUT2D eigenvalue weighted by Crippen LogP contribution is -3.13. The zero-order valence-corrected chi connectivity index (χ0v) is 16.4. The molecule has 1 fully saturated rings. The molecule has 0 spiro atoms. The van der Waals surface area contributed by atoms with Gasteiger partial charge in [-0.05, 0) is 54.9 Å². The van der Waals surface area contributed by atoms with Crippen LogP contribution in [0.25, 0.3) is 0 Å². The van der Waals surface area contributed by atoms with Gasteiger partial charge in [0.15, 0.2) is 5.11 Å². The van der Waals surface area contributed by atoms with Gasteiger partial charge in [-0.3, -0.25) is 4.98 Å². The average molecular weight is 370 g/mol. The van der Waals surface area contributed by atoms with Crippen molar-refractivity contribution in [1.82, 2.24) is 9.88 Å². The molecule has 0 unspecified atom stereocenters. The summed E-state index contributed by atoms with van der Waals surface area (Å²) in [6.45, 7) is 7.52. The number of thiocarbonyl (C=S) groups is 1. The van der Waals surface area contributed by atoms with Crippen LogP contribution in [0.15, 0.2) is 48.8 Å². The van der Waals surface area contributed by atoms with E-state index in [9.17, 15) is 0 Å². The summed E-state index contributed by atoms with van der Waals surface area (Å²) in [5.74, 6) is 0. The van der Waals surface area contributed by atoms with Crippen LogP contribution in [0.1, 0.15) is 30.9 Å². The van der Waals surface area contributed by atoms with E-state index in [2.05, 4.69) is 58.5 Å². The van der Waals surface area contributed by atoms with E-state index in [4.69, 9.17) is 12.2 Å². The highest BCUT2D eigenvalue weighted by Gasteiger charge is 2.21. The van der Waals surface area contributed by atoms with E-state index >= 15 is 0 Å². The fourth-order valence-corrected chi connectivity index (χ4v) is 3.63. The van der Waals surface area contributed by atoms with Crippen molar-refractivity contribution in [3.05, 3.63) is 59.9 Å². The minimum absolute atomic E-state index is 0.842. The molecule has 0 saturated carbocycles. The van der Waals surface area contributed by atoms with E-state index in [-0.39, 0.29) is 0 Å². The van der Waals surface area contributed by atoms with Gasteiger partial charge in [-0.25, -0.2) is 0 Å². The summed E-state index contributed by atoms with van der Waals surface area (Å²) in [7, 11) is 0. The van der Waals surface area contributed by atoms with Gasteiger partial charge in [0.1, 0.15) is 6.54 Å². The molecule has 1 aromatic carbocycles. The lowest BCUT2D eigenvalue weighted by Gasteiger charge is -2.33. The minimum Gasteiger partial charge on any atom is -0.338 e. The molecule has 138 valence electrons. The van der Waals surface area contributed by atoms with Crippen LogP contribution in [-0.4, -0.2) is 41.2 Å². The first-order valence-corrected chi connectivity index (χ1v) is 10.0. The molecule has 1 aromatic heterocycles. The number of benzene rings is 1. The molecule has 3 rings (SSSR count). The Morgan fingerprint density at radius 2 is 1.77 bits per heavy atom. The molecule has 0 atom stereocenters. The molecule has 2 N–H and O–H groups in total. The van der Waals surface area contributed by atoms with E-state index in [0.717, 1.165) is 49.9 Å². The Kier molecular flexibility index (Phi) is 6.97. The van der Waals surface area contributed by atoms with Crippen molar-refractivity contribution >= 4 is 23.0 Å². The Labute approximate surface area is 162 Å². The predicted molar refractivity (Wildman–Crippen MR) is 111 cm³/mol. The SMILES string of the molecule is CCCCc1ccc(NC(=S)N2CC[NH+](Cc3ccncc3)CC2)cc1. The number of rotatable bonds is 6. The summed E-state index contributed by atoms with van der Waals surface area (Å²) in [4.78, 5) is 7.99. The maximum atomic E-state index is 5.62. The highest BCUT2D eigenvalue weighted by Crippen LogP contribution is 2.12. The summed E-state index contributed by atoms with van der Waals surface area (Å²) in [6.07, 6.45) is 7.38. The van der Waals surface area contributed by atoms with Crippen molar-refractivity contribution < 1.29 is 4.90 Å².